The summed E-state index contributed by atoms with van der Waals surface area (Å²) >= 11 is 5.50. The average molecular weight is 218 g/mol. The van der Waals surface area contributed by atoms with E-state index < -0.39 is 0 Å². The van der Waals surface area contributed by atoms with Gasteiger partial charge in [0.15, 0.2) is 0 Å². The number of aliphatic hydroxyl groups is 1. The minimum atomic E-state index is -0.0394. The molecule has 0 radical (unpaired) electrons. The smallest absolute Gasteiger partial charge is 0.0540 e. The molecule has 1 saturated carbocycles. The van der Waals surface area contributed by atoms with Crippen molar-refractivity contribution in [3.63, 3.8) is 0 Å². The number of halogens is 1. The first-order chi connectivity index (χ1) is 6.83. The van der Waals surface area contributed by atoms with Crippen molar-refractivity contribution in [2.45, 2.75) is 31.8 Å². The van der Waals surface area contributed by atoms with Crippen LogP contribution in [0.3, 0.4) is 0 Å². The van der Waals surface area contributed by atoms with Gasteiger partial charge in [-0.25, -0.2) is 0 Å². The lowest BCUT2D eigenvalue weighted by molar-refractivity contribution is 0.108. The van der Waals surface area contributed by atoms with E-state index in [-0.39, 0.29) is 6.10 Å². The fraction of sp³-hybridized carbons (Fsp3) is 0.818. The quantitative estimate of drug-likeness (QED) is 0.419. The highest BCUT2D eigenvalue weighted by Crippen LogP contribution is 2.23. The number of hydrogen-bond acceptors (Lipinski definition) is 2. The first-order valence-corrected chi connectivity index (χ1v) is 5.96. The first kappa shape index (κ1) is 12.0. The molecule has 0 atom stereocenters. The molecular weight excluding hydrogens is 198 g/mol. The summed E-state index contributed by atoms with van der Waals surface area (Å²) in [4.78, 5) is 0. The molecule has 0 aromatic rings. The third-order valence-corrected chi connectivity index (χ3v) is 2.95. The molecule has 14 heavy (non-hydrogen) atoms. The molecule has 1 rings (SSSR count). The minimum Gasteiger partial charge on any atom is -0.393 e. The predicted molar refractivity (Wildman–Crippen MR) is 60.7 cm³/mol. The topological polar surface area (TPSA) is 32.3 Å². The van der Waals surface area contributed by atoms with Gasteiger partial charge >= 0.3 is 0 Å². The Bertz CT molecular complexity index is 165. The van der Waals surface area contributed by atoms with Crippen LogP contribution in [0.25, 0.3) is 0 Å². The van der Waals surface area contributed by atoms with Gasteiger partial charge in [-0.1, -0.05) is 12.2 Å². The molecule has 3 heteroatoms. The van der Waals surface area contributed by atoms with Gasteiger partial charge in [0.05, 0.1) is 6.10 Å². The molecule has 1 aliphatic carbocycles. The monoisotopic (exact) mass is 217 g/mol. The van der Waals surface area contributed by atoms with Gasteiger partial charge in [0, 0.05) is 12.4 Å². The Balaban J connectivity index is 1.99. The highest BCUT2D eigenvalue weighted by atomic mass is 35.5. The van der Waals surface area contributed by atoms with Crippen LogP contribution in [-0.4, -0.2) is 30.2 Å². The van der Waals surface area contributed by atoms with Gasteiger partial charge in [-0.15, -0.1) is 11.6 Å². The Morgan fingerprint density at radius 3 is 2.57 bits per heavy atom. The highest BCUT2D eigenvalue weighted by molar-refractivity contribution is 6.18. The van der Waals surface area contributed by atoms with E-state index in [1.807, 2.05) is 6.08 Å². The van der Waals surface area contributed by atoms with E-state index in [1.54, 1.807) is 0 Å². The molecule has 2 N–H and O–H groups in total. The number of allylic oxidation sites excluding steroid dienone is 1. The van der Waals surface area contributed by atoms with Crippen molar-refractivity contribution in [2.75, 3.05) is 19.0 Å². The highest BCUT2D eigenvalue weighted by Gasteiger charge is 2.18. The van der Waals surface area contributed by atoms with Crippen molar-refractivity contribution < 1.29 is 5.11 Å². The van der Waals surface area contributed by atoms with Gasteiger partial charge < -0.3 is 10.4 Å². The summed E-state index contributed by atoms with van der Waals surface area (Å²) in [7, 11) is 0. The van der Waals surface area contributed by atoms with Gasteiger partial charge in [-0.05, 0) is 38.1 Å². The Kier molecular flexibility index (Phi) is 6.24. The van der Waals surface area contributed by atoms with E-state index in [1.165, 1.54) is 0 Å². The maximum atomic E-state index is 9.32. The normalized spacial score (nSPS) is 28.4. The molecule has 1 fully saturated rings. The molecule has 0 heterocycles. The van der Waals surface area contributed by atoms with Crippen LogP contribution in [0.15, 0.2) is 12.2 Å². The molecule has 2 nitrogen and oxygen atoms in total. The Morgan fingerprint density at radius 2 is 1.93 bits per heavy atom. The van der Waals surface area contributed by atoms with Gasteiger partial charge in [0.2, 0.25) is 0 Å². The van der Waals surface area contributed by atoms with E-state index in [9.17, 15) is 5.11 Å². The summed E-state index contributed by atoms with van der Waals surface area (Å²) < 4.78 is 0. The third-order valence-electron chi connectivity index (χ3n) is 2.77. The Hall–Kier alpha value is -0.0500. The first-order valence-electron chi connectivity index (χ1n) is 5.42. The molecule has 0 amide bonds. The molecule has 0 saturated heterocycles. The van der Waals surface area contributed by atoms with Crippen molar-refractivity contribution in [2.24, 2.45) is 5.92 Å². The second kappa shape index (κ2) is 7.27. The standard InChI is InChI=1S/C11H20ClNO/c12-7-1-2-8-13-9-10-3-5-11(14)6-4-10/h1-2,10-11,13-14H,3-9H2/b2-1+. The van der Waals surface area contributed by atoms with Crippen molar-refractivity contribution in [1.82, 2.24) is 5.32 Å². The van der Waals surface area contributed by atoms with Crippen LogP contribution >= 0.6 is 11.6 Å². The lowest BCUT2D eigenvalue weighted by atomic mass is 9.87. The summed E-state index contributed by atoms with van der Waals surface area (Å²) in [5, 5.41) is 12.7. The summed E-state index contributed by atoms with van der Waals surface area (Å²) in [5.41, 5.74) is 0. The lowest BCUT2D eigenvalue weighted by Gasteiger charge is -2.25. The number of nitrogens with one attached hydrogen (secondary N) is 1. The molecule has 1 aliphatic rings. The van der Waals surface area contributed by atoms with Crippen molar-refractivity contribution in [1.29, 1.82) is 0 Å². The molecule has 0 aromatic heterocycles. The molecule has 0 aliphatic heterocycles. The van der Waals surface area contributed by atoms with Gasteiger partial charge in [0.1, 0.15) is 0 Å². The zero-order valence-corrected chi connectivity index (χ0v) is 9.34. The number of hydrogen-bond donors (Lipinski definition) is 2. The number of rotatable bonds is 5. The van der Waals surface area contributed by atoms with E-state index in [2.05, 4.69) is 11.4 Å². The van der Waals surface area contributed by atoms with Gasteiger partial charge in [-0.2, -0.15) is 0 Å². The minimum absolute atomic E-state index is 0.0394. The van der Waals surface area contributed by atoms with Crippen molar-refractivity contribution in [3.05, 3.63) is 12.2 Å². The summed E-state index contributed by atoms with van der Waals surface area (Å²) in [6.07, 6.45) is 8.25. The molecule has 0 spiro atoms. The van der Waals surface area contributed by atoms with Crippen LogP contribution in [0.2, 0.25) is 0 Å². The van der Waals surface area contributed by atoms with Crippen LogP contribution in [0.5, 0.6) is 0 Å². The van der Waals surface area contributed by atoms with Crippen LogP contribution in [0.1, 0.15) is 25.7 Å². The van der Waals surface area contributed by atoms with E-state index >= 15 is 0 Å². The number of aliphatic hydroxyl groups excluding tert-OH is 1. The van der Waals surface area contributed by atoms with E-state index in [0.717, 1.165) is 44.7 Å². The summed E-state index contributed by atoms with van der Waals surface area (Å²) in [6.45, 7) is 1.98. The van der Waals surface area contributed by atoms with E-state index in [4.69, 9.17) is 11.6 Å². The zero-order valence-electron chi connectivity index (χ0n) is 8.58. The predicted octanol–water partition coefficient (Wildman–Crippen LogP) is 1.92. The lowest BCUT2D eigenvalue weighted by Crippen LogP contribution is -2.28. The SMILES string of the molecule is OC1CCC(CNC/C=C/CCl)CC1. The van der Waals surface area contributed by atoms with Crippen LogP contribution < -0.4 is 5.32 Å². The Labute approximate surface area is 91.3 Å². The largest absolute Gasteiger partial charge is 0.393 e. The van der Waals surface area contributed by atoms with Crippen molar-refractivity contribution >= 4 is 11.6 Å². The maximum Gasteiger partial charge on any atom is 0.0540 e. The fourth-order valence-corrected chi connectivity index (χ4v) is 1.99. The van der Waals surface area contributed by atoms with Crippen molar-refractivity contribution in [3.8, 4) is 0 Å². The van der Waals surface area contributed by atoms with E-state index in [0.29, 0.717) is 5.88 Å². The Morgan fingerprint density at radius 1 is 1.21 bits per heavy atom. The third kappa shape index (κ3) is 4.99. The summed E-state index contributed by atoms with van der Waals surface area (Å²) in [5.74, 6) is 1.35. The fourth-order valence-electron chi connectivity index (χ4n) is 1.87. The second-order valence-electron chi connectivity index (χ2n) is 3.96. The van der Waals surface area contributed by atoms with Crippen LogP contribution in [0, 0.1) is 5.92 Å². The van der Waals surface area contributed by atoms with Gasteiger partial charge in [0.25, 0.3) is 0 Å². The molecular formula is C11H20ClNO. The van der Waals surface area contributed by atoms with Crippen LogP contribution in [-0.2, 0) is 0 Å². The maximum absolute atomic E-state index is 9.32. The molecule has 0 unspecified atom stereocenters. The van der Waals surface area contributed by atoms with Gasteiger partial charge in [-0.3, -0.25) is 0 Å². The van der Waals surface area contributed by atoms with Crippen LogP contribution in [0.4, 0.5) is 0 Å². The molecule has 0 bridgehead atoms. The summed E-state index contributed by atoms with van der Waals surface area (Å²) in [6, 6.07) is 0. The second-order valence-corrected chi connectivity index (χ2v) is 4.27. The molecule has 0 aromatic carbocycles. The zero-order chi connectivity index (χ0) is 10.2. The number of alkyl halides is 1. The molecule has 82 valence electrons. The average Bonchev–Trinajstić information content (AvgIpc) is 2.21.